The fraction of sp³-hybridized carbons (Fsp3) is 0.619. The normalized spacial score (nSPS) is 18.9. The summed E-state index contributed by atoms with van der Waals surface area (Å²) in [7, 11) is 0. The zero-order valence-electron chi connectivity index (χ0n) is 16.0. The van der Waals surface area contributed by atoms with Gasteiger partial charge in [-0.3, -0.25) is 9.59 Å². The highest BCUT2D eigenvalue weighted by atomic mass is 16.2. The number of rotatable bonds is 1. The lowest BCUT2D eigenvalue weighted by Crippen LogP contribution is -2.48. The van der Waals surface area contributed by atoms with Gasteiger partial charge < -0.3 is 9.80 Å². The minimum absolute atomic E-state index is 0.0382. The molecule has 2 heterocycles. The average Bonchev–Trinajstić information content (AvgIpc) is 2.59. The molecule has 0 N–H and O–H groups in total. The van der Waals surface area contributed by atoms with Gasteiger partial charge in [0.1, 0.15) is 0 Å². The van der Waals surface area contributed by atoms with E-state index >= 15 is 0 Å². The van der Waals surface area contributed by atoms with Crippen molar-refractivity contribution in [3.8, 4) is 0 Å². The van der Waals surface area contributed by atoms with Crippen LogP contribution in [0, 0.1) is 18.3 Å². The van der Waals surface area contributed by atoms with Crippen molar-refractivity contribution >= 4 is 17.5 Å². The lowest BCUT2D eigenvalue weighted by atomic mass is 9.89. The monoisotopic (exact) mass is 342 g/mol. The van der Waals surface area contributed by atoms with E-state index in [4.69, 9.17) is 0 Å². The van der Waals surface area contributed by atoms with E-state index in [1.807, 2.05) is 30.6 Å². The minimum Gasteiger partial charge on any atom is -0.342 e. The Balaban J connectivity index is 1.67. The lowest BCUT2D eigenvalue weighted by Gasteiger charge is -2.38. The van der Waals surface area contributed by atoms with Gasteiger partial charge in [-0.05, 0) is 44.2 Å². The fourth-order valence-electron chi connectivity index (χ4n) is 3.98. The molecule has 2 amide bonds. The number of amides is 2. The SMILES string of the molecule is Cc1ccc2c(c1)CCCN2C(=O)C1CCN(C(=O)C(C)(C)C)CC1. The van der Waals surface area contributed by atoms with Crippen LogP contribution < -0.4 is 4.90 Å². The molecule has 136 valence electrons. The molecule has 1 fully saturated rings. The number of aryl methyl sites for hydroxylation is 2. The molecule has 3 rings (SSSR count). The molecule has 4 nitrogen and oxygen atoms in total. The van der Waals surface area contributed by atoms with Crippen LogP contribution in [0.15, 0.2) is 18.2 Å². The molecule has 0 saturated carbocycles. The first-order valence-corrected chi connectivity index (χ1v) is 9.47. The lowest BCUT2D eigenvalue weighted by molar-refractivity contribution is -0.142. The van der Waals surface area contributed by atoms with Gasteiger partial charge in [0.05, 0.1) is 0 Å². The van der Waals surface area contributed by atoms with E-state index in [9.17, 15) is 9.59 Å². The summed E-state index contributed by atoms with van der Waals surface area (Å²) in [6.45, 7) is 10.2. The first-order chi connectivity index (χ1) is 11.8. The summed E-state index contributed by atoms with van der Waals surface area (Å²) in [6.07, 6.45) is 3.64. The van der Waals surface area contributed by atoms with Gasteiger partial charge in [-0.15, -0.1) is 0 Å². The number of hydrogen-bond donors (Lipinski definition) is 0. The van der Waals surface area contributed by atoms with Crippen LogP contribution in [0.3, 0.4) is 0 Å². The molecule has 0 bridgehead atoms. The Hall–Kier alpha value is -1.84. The van der Waals surface area contributed by atoms with Gasteiger partial charge in [-0.25, -0.2) is 0 Å². The summed E-state index contributed by atoms with van der Waals surface area (Å²) in [4.78, 5) is 29.4. The maximum Gasteiger partial charge on any atom is 0.230 e. The molecule has 0 spiro atoms. The van der Waals surface area contributed by atoms with Gasteiger partial charge in [0.15, 0.2) is 0 Å². The number of anilines is 1. The molecular weight excluding hydrogens is 312 g/mol. The van der Waals surface area contributed by atoms with Crippen molar-refractivity contribution in [3.63, 3.8) is 0 Å². The van der Waals surface area contributed by atoms with E-state index in [-0.39, 0.29) is 23.1 Å². The molecule has 4 heteroatoms. The van der Waals surface area contributed by atoms with Crippen LogP contribution in [0.2, 0.25) is 0 Å². The number of hydrogen-bond acceptors (Lipinski definition) is 2. The molecule has 0 radical (unpaired) electrons. The highest BCUT2D eigenvalue weighted by Gasteiger charge is 2.35. The van der Waals surface area contributed by atoms with E-state index in [2.05, 4.69) is 25.1 Å². The van der Waals surface area contributed by atoms with Gasteiger partial charge in [-0.2, -0.15) is 0 Å². The Morgan fingerprint density at radius 3 is 2.40 bits per heavy atom. The maximum absolute atomic E-state index is 13.1. The Morgan fingerprint density at radius 2 is 1.76 bits per heavy atom. The van der Waals surface area contributed by atoms with Crippen LogP contribution in [-0.4, -0.2) is 36.3 Å². The Kier molecular flexibility index (Phi) is 4.90. The van der Waals surface area contributed by atoms with Gasteiger partial charge in [0.25, 0.3) is 0 Å². The molecular formula is C21H30N2O2. The molecule has 1 saturated heterocycles. The van der Waals surface area contributed by atoms with E-state index < -0.39 is 0 Å². The van der Waals surface area contributed by atoms with E-state index in [0.29, 0.717) is 13.1 Å². The fourth-order valence-corrected chi connectivity index (χ4v) is 3.98. The van der Waals surface area contributed by atoms with Gasteiger partial charge in [0, 0.05) is 36.7 Å². The molecule has 25 heavy (non-hydrogen) atoms. The van der Waals surface area contributed by atoms with Gasteiger partial charge in [-0.1, -0.05) is 38.5 Å². The van der Waals surface area contributed by atoms with Crippen LogP contribution in [-0.2, 0) is 16.0 Å². The number of carbonyl (C=O) groups is 2. The van der Waals surface area contributed by atoms with Crippen molar-refractivity contribution in [2.24, 2.45) is 11.3 Å². The smallest absolute Gasteiger partial charge is 0.230 e. The van der Waals surface area contributed by atoms with Crippen LogP contribution >= 0.6 is 0 Å². The predicted octanol–water partition coefficient (Wildman–Crippen LogP) is 3.56. The third kappa shape index (κ3) is 3.73. The quantitative estimate of drug-likeness (QED) is 0.783. The summed E-state index contributed by atoms with van der Waals surface area (Å²) in [5.41, 5.74) is 3.29. The summed E-state index contributed by atoms with van der Waals surface area (Å²) in [6, 6.07) is 6.40. The minimum atomic E-state index is -0.347. The molecule has 2 aliphatic heterocycles. The molecule has 0 atom stereocenters. The van der Waals surface area contributed by atoms with Crippen molar-refractivity contribution in [1.29, 1.82) is 0 Å². The number of fused-ring (bicyclic) bond motifs is 1. The van der Waals surface area contributed by atoms with Crippen LogP contribution in [0.1, 0.15) is 51.2 Å². The second-order valence-electron chi connectivity index (χ2n) is 8.54. The summed E-state index contributed by atoms with van der Waals surface area (Å²) in [5, 5.41) is 0. The molecule has 2 aliphatic rings. The van der Waals surface area contributed by atoms with Crippen LogP contribution in [0.25, 0.3) is 0 Å². The average molecular weight is 342 g/mol. The van der Waals surface area contributed by atoms with Gasteiger partial charge in [0.2, 0.25) is 11.8 Å². The molecule has 1 aromatic carbocycles. The largest absolute Gasteiger partial charge is 0.342 e. The van der Waals surface area contributed by atoms with Crippen molar-refractivity contribution < 1.29 is 9.59 Å². The van der Waals surface area contributed by atoms with Crippen molar-refractivity contribution in [3.05, 3.63) is 29.3 Å². The second kappa shape index (κ2) is 6.81. The highest BCUT2D eigenvalue weighted by Crippen LogP contribution is 2.31. The Bertz CT molecular complexity index is 667. The zero-order chi connectivity index (χ0) is 18.2. The maximum atomic E-state index is 13.1. The number of likely N-dealkylation sites (tertiary alicyclic amines) is 1. The van der Waals surface area contributed by atoms with E-state index in [1.54, 1.807) is 0 Å². The zero-order valence-corrected chi connectivity index (χ0v) is 16.0. The summed E-state index contributed by atoms with van der Waals surface area (Å²) in [5.74, 6) is 0.473. The standard InChI is InChI=1S/C21H30N2O2/c1-15-7-8-18-17(14-15)6-5-11-23(18)19(24)16-9-12-22(13-10-16)20(25)21(2,3)4/h7-8,14,16H,5-6,9-13H2,1-4H3. The number of benzene rings is 1. The van der Waals surface area contributed by atoms with Gasteiger partial charge >= 0.3 is 0 Å². The van der Waals surface area contributed by atoms with Crippen LogP contribution in [0.5, 0.6) is 0 Å². The van der Waals surface area contributed by atoms with Crippen LogP contribution in [0.4, 0.5) is 5.69 Å². The molecule has 0 unspecified atom stereocenters. The number of piperidine rings is 1. The van der Waals surface area contributed by atoms with Crippen molar-refractivity contribution in [2.75, 3.05) is 24.5 Å². The Morgan fingerprint density at radius 1 is 1.08 bits per heavy atom. The van der Waals surface area contributed by atoms with E-state index in [1.165, 1.54) is 11.1 Å². The first kappa shape index (κ1) is 18.0. The van der Waals surface area contributed by atoms with Crippen molar-refractivity contribution in [2.45, 2.75) is 53.4 Å². The third-order valence-electron chi connectivity index (χ3n) is 5.39. The third-order valence-corrected chi connectivity index (χ3v) is 5.39. The summed E-state index contributed by atoms with van der Waals surface area (Å²) >= 11 is 0. The number of nitrogens with zero attached hydrogens (tertiary/aromatic N) is 2. The first-order valence-electron chi connectivity index (χ1n) is 9.47. The topological polar surface area (TPSA) is 40.6 Å². The highest BCUT2D eigenvalue weighted by molar-refractivity contribution is 5.96. The van der Waals surface area contributed by atoms with Crippen molar-refractivity contribution in [1.82, 2.24) is 4.90 Å². The van der Waals surface area contributed by atoms with E-state index in [0.717, 1.165) is 37.9 Å². The molecule has 0 aromatic heterocycles. The summed E-state index contributed by atoms with van der Waals surface area (Å²) < 4.78 is 0. The molecule has 1 aromatic rings. The number of carbonyl (C=O) groups excluding carboxylic acids is 2. The Labute approximate surface area is 151 Å². The molecule has 0 aliphatic carbocycles. The predicted molar refractivity (Wildman–Crippen MR) is 101 cm³/mol. The second-order valence-corrected chi connectivity index (χ2v) is 8.54.